The molecule has 1 nitrogen and oxygen atoms in total. The fraction of sp³-hybridized carbons (Fsp3) is 0.600. The van der Waals surface area contributed by atoms with Crippen molar-refractivity contribution in [2.45, 2.75) is 52.5 Å². The van der Waals surface area contributed by atoms with E-state index in [1.165, 1.54) is 46.8 Å². The summed E-state index contributed by atoms with van der Waals surface area (Å²) in [5, 5.41) is 3.44. The number of nitrogens with one attached hydrogen (secondary N) is 1. The first kappa shape index (κ1) is 14.7. The highest BCUT2D eigenvalue weighted by atomic mass is 79.9. The molecule has 1 atom stereocenters. The number of benzene rings is 1. The highest BCUT2D eigenvalue weighted by Gasteiger charge is 2.11. The van der Waals surface area contributed by atoms with Gasteiger partial charge in [-0.2, -0.15) is 0 Å². The van der Waals surface area contributed by atoms with E-state index in [-0.39, 0.29) is 0 Å². The van der Waals surface area contributed by atoms with Crippen molar-refractivity contribution in [3.63, 3.8) is 0 Å². The molecule has 0 bridgehead atoms. The maximum absolute atomic E-state index is 3.63. The van der Waals surface area contributed by atoms with Gasteiger partial charge in [0.1, 0.15) is 0 Å². The molecule has 1 N–H and O–H groups in total. The van der Waals surface area contributed by atoms with Gasteiger partial charge in [-0.3, -0.25) is 0 Å². The third-order valence-corrected chi connectivity index (χ3v) is 4.56. The number of aryl methyl sites for hydroxylation is 2. The van der Waals surface area contributed by atoms with Gasteiger partial charge in [-0.1, -0.05) is 54.2 Å². The Hall–Kier alpha value is -0.340. The molecular weight excluding hydrogens is 274 g/mol. The molecule has 0 saturated carbocycles. The molecule has 1 rings (SSSR count). The summed E-state index contributed by atoms with van der Waals surface area (Å²) in [5.74, 6) is 0. The zero-order chi connectivity index (χ0) is 12.8. The van der Waals surface area contributed by atoms with Crippen molar-refractivity contribution in [2.24, 2.45) is 0 Å². The molecule has 0 aliphatic heterocycles. The third-order valence-electron chi connectivity index (χ3n) is 3.31. The van der Waals surface area contributed by atoms with Gasteiger partial charge in [0.2, 0.25) is 0 Å². The van der Waals surface area contributed by atoms with Crippen LogP contribution in [-0.4, -0.2) is 7.05 Å². The molecule has 0 radical (unpaired) electrons. The predicted octanol–water partition coefficient (Wildman–Crippen LogP) is 4.91. The zero-order valence-electron chi connectivity index (χ0n) is 11.4. The van der Waals surface area contributed by atoms with Crippen molar-refractivity contribution in [2.75, 3.05) is 7.05 Å². The van der Waals surface area contributed by atoms with Crippen molar-refractivity contribution in [3.05, 3.63) is 33.3 Å². The molecule has 96 valence electrons. The highest BCUT2D eigenvalue weighted by Crippen LogP contribution is 2.27. The van der Waals surface area contributed by atoms with Crippen LogP contribution in [0.15, 0.2) is 16.6 Å². The van der Waals surface area contributed by atoms with Crippen LogP contribution in [0.4, 0.5) is 0 Å². The van der Waals surface area contributed by atoms with Gasteiger partial charge in [0, 0.05) is 10.5 Å². The topological polar surface area (TPSA) is 12.0 Å². The number of hydrogen-bond donors (Lipinski definition) is 1. The second-order valence-corrected chi connectivity index (χ2v) is 5.60. The van der Waals surface area contributed by atoms with Gasteiger partial charge in [-0.25, -0.2) is 0 Å². The second-order valence-electron chi connectivity index (χ2n) is 4.81. The average Bonchev–Trinajstić information content (AvgIpc) is 2.31. The molecule has 0 heterocycles. The molecule has 1 aromatic carbocycles. The molecule has 0 spiro atoms. The summed E-state index contributed by atoms with van der Waals surface area (Å²) < 4.78 is 1.24. The summed E-state index contributed by atoms with van der Waals surface area (Å²) in [6.07, 6.45) is 5.14. The maximum Gasteiger partial charge on any atom is 0.0317 e. The summed E-state index contributed by atoms with van der Waals surface area (Å²) in [7, 11) is 2.06. The average molecular weight is 298 g/mol. The van der Waals surface area contributed by atoms with E-state index in [1.54, 1.807) is 0 Å². The normalized spacial score (nSPS) is 12.8. The van der Waals surface area contributed by atoms with Gasteiger partial charge >= 0.3 is 0 Å². The standard InChI is InChI=1S/C15H24BrN/c1-5-6-7-8-14(17-4)13-9-11(2)15(16)12(3)10-13/h9-10,14,17H,5-8H2,1-4H3. The number of hydrogen-bond acceptors (Lipinski definition) is 1. The summed E-state index contributed by atoms with van der Waals surface area (Å²) in [6, 6.07) is 5.08. The van der Waals surface area contributed by atoms with Crippen LogP contribution in [0, 0.1) is 13.8 Å². The quantitative estimate of drug-likeness (QED) is 0.736. The van der Waals surface area contributed by atoms with E-state index in [4.69, 9.17) is 0 Å². The lowest BCUT2D eigenvalue weighted by molar-refractivity contribution is 0.511. The Morgan fingerprint density at radius 2 is 1.76 bits per heavy atom. The fourth-order valence-electron chi connectivity index (χ4n) is 2.26. The van der Waals surface area contributed by atoms with E-state index >= 15 is 0 Å². The number of unbranched alkanes of at least 4 members (excludes halogenated alkanes) is 2. The van der Waals surface area contributed by atoms with Crippen LogP contribution >= 0.6 is 15.9 Å². The molecular formula is C15H24BrN. The van der Waals surface area contributed by atoms with E-state index in [2.05, 4.69) is 61.2 Å². The number of halogens is 1. The Morgan fingerprint density at radius 3 is 2.24 bits per heavy atom. The minimum Gasteiger partial charge on any atom is -0.313 e. The van der Waals surface area contributed by atoms with Crippen molar-refractivity contribution in [1.29, 1.82) is 0 Å². The van der Waals surface area contributed by atoms with Gasteiger partial charge in [0.15, 0.2) is 0 Å². The molecule has 17 heavy (non-hydrogen) atoms. The van der Waals surface area contributed by atoms with E-state index in [9.17, 15) is 0 Å². The molecule has 0 fully saturated rings. The molecule has 1 unspecified atom stereocenters. The summed E-state index contributed by atoms with van der Waals surface area (Å²) in [5.41, 5.74) is 4.08. The van der Waals surface area contributed by atoms with Crippen LogP contribution in [0.1, 0.15) is 55.3 Å². The van der Waals surface area contributed by atoms with E-state index in [0.717, 1.165) is 0 Å². The number of rotatable bonds is 6. The predicted molar refractivity (Wildman–Crippen MR) is 79.6 cm³/mol. The molecule has 1 aromatic rings. The van der Waals surface area contributed by atoms with Gasteiger partial charge in [-0.15, -0.1) is 0 Å². The smallest absolute Gasteiger partial charge is 0.0317 e. The largest absolute Gasteiger partial charge is 0.313 e. The van der Waals surface area contributed by atoms with Crippen LogP contribution in [0.5, 0.6) is 0 Å². The lowest BCUT2D eigenvalue weighted by Crippen LogP contribution is -2.16. The SMILES string of the molecule is CCCCCC(NC)c1cc(C)c(Br)c(C)c1. The minimum absolute atomic E-state index is 0.493. The van der Waals surface area contributed by atoms with Crippen LogP contribution in [0.3, 0.4) is 0 Å². The molecule has 0 aliphatic rings. The molecule has 0 aliphatic carbocycles. The van der Waals surface area contributed by atoms with Crippen molar-refractivity contribution >= 4 is 15.9 Å². The van der Waals surface area contributed by atoms with E-state index in [0.29, 0.717) is 6.04 Å². The Bertz CT molecular complexity index is 337. The first-order valence-corrected chi connectivity index (χ1v) is 7.33. The van der Waals surface area contributed by atoms with Gasteiger partial charge < -0.3 is 5.32 Å². The van der Waals surface area contributed by atoms with Crippen LogP contribution in [0.2, 0.25) is 0 Å². The lowest BCUT2D eigenvalue weighted by Gasteiger charge is -2.18. The third kappa shape index (κ3) is 4.11. The fourth-order valence-corrected chi connectivity index (χ4v) is 2.49. The minimum atomic E-state index is 0.493. The van der Waals surface area contributed by atoms with Gasteiger partial charge in [0.25, 0.3) is 0 Å². The first-order chi connectivity index (χ1) is 8.10. The summed E-state index contributed by atoms with van der Waals surface area (Å²) in [4.78, 5) is 0. The van der Waals surface area contributed by atoms with Crippen LogP contribution < -0.4 is 5.32 Å². The Kier molecular flexibility index (Phi) is 6.21. The summed E-state index contributed by atoms with van der Waals surface area (Å²) in [6.45, 7) is 6.58. The van der Waals surface area contributed by atoms with Crippen molar-refractivity contribution in [1.82, 2.24) is 5.32 Å². The van der Waals surface area contributed by atoms with Crippen molar-refractivity contribution in [3.8, 4) is 0 Å². The Balaban J connectivity index is 2.81. The molecule has 0 saturated heterocycles. The van der Waals surface area contributed by atoms with Crippen LogP contribution in [0.25, 0.3) is 0 Å². The molecule has 0 amide bonds. The summed E-state index contributed by atoms with van der Waals surface area (Å²) >= 11 is 3.63. The molecule has 2 heteroatoms. The van der Waals surface area contributed by atoms with Crippen LogP contribution in [-0.2, 0) is 0 Å². The van der Waals surface area contributed by atoms with E-state index in [1.807, 2.05) is 0 Å². The first-order valence-electron chi connectivity index (χ1n) is 6.54. The Labute approximate surface area is 114 Å². The zero-order valence-corrected chi connectivity index (χ0v) is 13.0. The van der Waals surface area contributed by atoms with Gasteiger partial charge in [-0.05, 0) is 44.0 Å². The van der Waals surface area contributed by atoms with E-state index < -0.39 is 0 Å². The molecule has 0 aromatic heterocycles. The monoisotopic (exact) mass is 297 g/mol. The van der Waals surface area contributed by atoms with Crippen molar-refractivity contribution < 1.29 is 0 Å². The van der Waals surface area contributed by atoms with Gasteiger partial charge in [0.05, 0.1) is 0 Å². The second kappa shape index (κ2) is 7.17. The lowest BCUT2D eigenvalue weighted by atomic mass is 9.97. The Morgan fingerprint density at radius 1 is 1.18 bits per heavy atom. The highest BCUT2D eigenvalue weighted by molar-refractivity contribution is 9.10. The maximum atomic E-state index is 3.63.